The molecule has 21 heavy (non-hydrogen) atoms. The Kier molecular flexibility index (Phi) is 6.60. The van der Waals surface area contributed by atoms with Gasteiger partial charge in [0.15, 0.2) is 0 Å². The van der Waals surface area contributed by atoms with Crippen molar-refractivity contribution in [1.82, 2.24) is 15.2 Å². The quantitative estimate of drug-likeness (QED) is 0.800. The third kappa shape index (κ3) is 5.05. The average Bonchev–Trinajstić information content (AvgIpc) is 2.97. The van der Waals surface area contributed by atoms with Gasteiger partial charge >= 0.3 is 0 Å². The molecule has 3 N–H and O–H groups in total. The number of piperidine rings is 1. The van der Waals surface area contributed by atoms with E-state index in [1.807, 2.05) is 5.38 Å². The zero-order valence-electron chi connectivity index (χ0n) is 12.8. The van der Waals surface area contributed by atoms with Gasteiger partial charge in [0.1, 0.15) is 5.69 Å². The predicted octanol–water partition coefficient (Wildman–Crippen LogP) is 1.50. The van der Waals surface area contributed by atoms with E-state index < -0.39 is 0 Å². The van der Waals surface area contributed by atoms with Gasteiger partial charge in [0, 0.05) is 18.3 Å². The summed E-state index contributed by atoms with van der Waals surface area (Å²) in [4.78, 5) is 18.8. The van der Waals surface area contributed by atoms with Crippen LogP contribution in [0.2, 0.25) is 0 Å². The van der Waals surface area contributed by atoms with Gasteiger partial charge in [-0.2, -0.15) is 0 Å². The summed E-state index contributed by atoms with van der Waals surface area (Å²) >= 11 is 1.51. The first kappa shape index (κ1) is 16.4. The van der Waals surface area contributed by atoms with Crippen LogP contribution in [0.5, 0.6) is 0 Å². The zero-order valence-corrected chi connectivity index (χ0v) is 13.6. The van der Waals surface area contributed by atoms with Crippen molar-refractivity contribution in [2.24, 2.45) is 11.7 Å². The molecule has 5 nitrogen and oxygen atoms in total. The first-order valence-corrected chi connectivity index (χ1v) is 8.76. The van der Waals surface area contributed by atoms with Crippen molar-refractivity contribution in [3.8, 4) is 0 Å². The topological polar surface area (TPSA) is 71.2 Å². The van der Waals surface area contributed by atoms with E-state index in [-0.39, 0.29) is 5.91 Å². The molecule has 6 heteroatoms. The number of carbonyl (C=O) groups excluding carboxylic acids is 1. The fourth-order valence-electron chi connectivity index (χ4n) is 2.73. The van der Waals surface area contributed by atoms with Gasteiger partial charge in [-0.1, -0.05) is 6.92 Å². The summed E-state index contributed by atoms with van der Waals surface area (Å²) in [5, 5.41) is 5.75. The van der Waals surface area contributed by atoms with Gasteiger partial charge < -0.3 is 16.0 Å². The number of aromatic nitrogens is 1. The molecule has 118 valence electrons. The molecule has 1 aliphatic heterocycles. The summed E-state index contributed by atoms with van der Waals surface area (Å²) in [6, 6.07) is 0. The molecule has 1 fully saturated rings. The number of amides is 1. The third-order valence-corrected chi connectivity index (χ3v) is 5.04. The van der Waals surface area contributed by atoms with Crippen molar-refractivity contribution in [2.75, 3.05) is 32.7 Å². The normalized spacial score (nSPS) is 17.0. The molecule has 0 radical (unpaired) electrons. The molecule has 1 aromatic rings. The van der Waals surface area contributed by atoms with Gasteiger partial charge in [-0.15, -0.1) is 11.3 Å². The van der Waals surface area contributed by atoms with Crippen molar-refractivity contribution in [3.05, 3.63) is 16.1 Å². The van der Waals surface area contributed by atoms with Gasteiger partial charge in [-0.3, -0.25) is 4.79 Å². The lowest BCUT2D eigenvalue weighted by molar-refractivity contribution is 0.0944. The lowest BCUT2D eigenvalue weighted by Gasteiger charge is -2.30. The van der Waals surface area contributed by atoms with Crippen LogP contribution in [0.4, 0.5) is 0 Å². The van der Waals surface area contributed by atoms with Crippen LogP contribution in [-0.4, -0.2) is 48.5 Å². The number of hydrogen-bond acceptors (Lipinski definition) is 5. The van der Waals surface area contributed by atoms with Crippen LogP contribution < -0.4 is 11.1 Å². The average molecular weight is 310 g/mol. The highest BCUT2D eigenvalue weighted by Gasteiger charge is 2.18. The summed E-state index contributed by atoms with van der Waals surface area (Å²) in [7, 11) is 0. The molecule has 0 unspecified atom stereocenters. The molecular formula is C15H26N4OS. The fourth-order valence-corrected chi connectivity index (χ4v) is 3.52. The number of nitrogens with two attached hydrogens (primary N) is 1. The number of thiazole rings is 1. The van der Waals surface area contributed by atoms with Crippen LogP contribution in [0.3, 0.4) is 0 Å². The highest BCUT2D eigenvalue weighted by Crippen LogP contribution is 2.19. The maximum Gasteiger partial charge on any atom is 0.270 e. The highest BCUT2D eigenvalue weighted by molar-refractivity contribution is 7.09. The van der Waals surface area contributed by atoms with Crippen LogP contribution >= 0.6 is 11.3 Å². The van der Waals surface area contributed by atoms with Gasteiger partial charge in [0.25, 0.3) is 5.91 Å². The first-order valence-electron chi connectivity index (χ1n) is 7.88. The Morgan fingerprint density at radius 2 is 2.29 bits per heavy atom. The Morgan fingerprint density at radius 3 is 2.95 bits per heavy atom. The summed E-state index contributed by atoms with van der Waals surface area (Å²) < 4.78 is 0. The summed E-state index contributed by atoms with van der Waals surface area (Å²) in [6.07, 6.45) is 4.32. The van der Waals surface area contributed by atoms with E-state index in [1.54, 1.807) is 0 Å². The number of nitrogens with zero attached hydrogens (tertiary/aromatic N) is 2. The molecular weight excluding hydrogens is 284 g/mol. The monoisotopic (exact) mass is 310 g/mol. The summed E-state index contributed by atoms with van der Waals surface area (Å²) in [6.45, 7) is 7.09. The number of carbonyl (C=O) groups is 1. The molecule has 0 atom stereocenters. The summed E-state index contributed by atoms with van der Waals surface area (Å²) in [5.74, 6) is 0.692. The fraction of sp³-hybridized carbons (Fsp3) is 0.733. The molecule has 0 spiro atoms. The molecule has 2 heterocycles. The number of likely N-dealkylation sites (tertiary alicyclic amines) is 1. The third-order valence-electron chi connectivity index (χ3n) is 4.14. The van der Waals surface area contributed by atoms with E-state index in [0.29, 0.717) is 12.2 Å². The number of rotatable bonds is 7. The molecule has 0 aromatic carbocycles. The van der Waals surface area contributed by atoms with E-state index >= 15 is 0 Å². The standard InChI is InChI=1S/C15H26N4OS/c1-2-19-9-5-12(6-10-19)4-8-17-15(20)13-11-21-14(18-13)3-7-16/h11-12H,2-10,16H2,1H3,(H,17,20). The predicted molar refractivity (Wildman–Crippen MR) is 86.7 cm³/mol. The van der Waals surface area contributed by atoms with Crippen LogP contribution in [0.15, 0.2) is 5.38 Å². The van der Waals surface area contributed by atoms with Crippen LogP contribution in [-0.2, 0) is 6.42 Å². The van der Waals surface area contributed by atoms with Gasteiger partial charge in [-0.25, -0.2) is 4.98 Å². The van der Waals surface area contributed by atoms with Crippen LogP contribution in [0.25, 0.3) is 0 Å². The second-order valence-electron chi connectivity index (χ2n) is 5.59. The molecule has 1 aromatic heterocycles. The van der Waals surface area contributed by atoms with Gasteiger partial charge in [0.2, 0.25) is 0 Å². The Labute approximate surface area is 130 Å². The lowest BCUT2D eigenvalue weighted by atomic mass is 9.93. The smallest absolute Gasteiger partial charge is 0.270 e. The largest absolute Gasteiger partial charge is 0.351 e. The van der Waals surface area contributed by atoms with E-state index in [2.05, 4.69) is 22.1 Å². The van der Waals surface area contributed by atoms with Crippen molar-refractivity contribution in [3.63, 3.8) is 0 Å². The maximum atomic E-state index is 12.0. The molecule has 0 bridgehead atoms. The first-order chi connectivity index (χ1) is 10.2. The SMILES string of the molecule is CCN1CCC(CCNC(=O)c2csc(CCN)n2)CC1. The van der Waals surface area contributed by atoms with Gasteiger partial charge in [0.05, 0.1) is 5.01 Å². The van der Waals surface area contributed by atoms with Crippen molar-refractivity contribution < 1.29 is 4.79 Å². The van der Waals surface area contributed by atoms with E-state index in [4.69, 9.17) is 5.73 Å². The molecule has 1 amide bonds. The van der Waals surface area contributed by atoms with Crippen molar-refractivity contribution in [1.29, 1.82) is 0 Å². The second kappa shape index (κ2) is 8.46. The Balaban J connectivity index is 1.67. The van der Waals surface area contributed by atoms with E-state index in [9.17, 15) is 4.79 Å². The van der Waals surface area contributed by atoms with E-state index in [1.165, 1.54) is 37.3 Å². The lowest BCUT2D eigenvalue weighted by Crippen LogP contribution is -2.35. The Hall–Kier alpha value is -0.980. The molecule has 1 saturated heterocycles. The zero-order chi connectivity index (χ0) is 15.1. The molecule has 0 saturated carbocycles. The minimum atomic E-state index is -0.0551. The minimum Gasteiger partial charge on any atom is -0.351 e. The minimum absolute atomic E-state index is 0.0551. The molecule has 1 aliphatic rings. The van der Waals surface area contributed by atoms with Crippen LogP contribution in [0, 0.1) is 5.92 Å². The van der Waals surface area contributed by atoms with Gasteiger partial charge in [-0.05, 0) is 51.4 Å². The number of hydrogen-bond donors (Lipinski definition) is 2. The van der Waals surface area contributed by atoms with E-state index in [0.717, 1.165) is 36.9 Å². The Morgan fingerprint density at radius 1 is 1.52 bits per heavy atom. The number of nitrogens with one attached hydrogen (secondary N) is 1. The van der Waals surface area contributed by atoms with Crippen molar-refractivity contribution >= 4 is 17.2 Å². The molecule has 2 rings (SSSR count). The van der Waals surface area contributed by atoms with Crippen LogP contribution in [0.1, 0.15) is 41.7 Å². The van der Waals surface area contributed by atoms with Crippen molar-refractivity contribution in [2.45, 2.75) is 32.6 Å². The highest BCUT2D eigenvalue weighted by atomic mass is 32.1. The second-order valence-corrected chi connectivity index (χ2v) is 6.53. The summed E-state index contributed by atoms with van der Waals surface area (Å²) in [5.41, 5.74) is 6.02. The molecule has 0 aliphatic carbocycles. The maximum absolute atomic E-state index is 12.0. The Bertz CT molecular complexity index is 441.